The smallest absolute Gasteiger partial charge is 0.262 e. The largest absolute Gasteiger partial charge is 0.497 e. The molecule has 164 valence electrons. The summed E-state index contributed by atoms with van der Waals surface area (Å²) in [6.45, 7) is 1.73. The molecule has 2 aromatic heterocycles. The van der Waals surface area contributed by atoms with E-state index in [1.165, 1.54) is 20.4 Å². The summed E-state index contributed by atoms with van der Waals surface area (Å²) >= 11 is 1.14. The number of anilines is 1. The summed E-state index contributed by atoms with van der Waals surface area (Å²) in [6.07, 6.45) is 1.48. The quantitative estimate of drug-likeness (QED) is 0.328. The van der Waals surface area contributed by atoms with E-state index < -0.39 is 5.25 Å². The van der Waals surface area contributed by atoms with Gasteiger partial charge >= 0.3 is 0 Å². The normalized spacial score (nSPS) is 11.8. The highest BCUT2D eigenvalue weighted by molar-refractivity contribution is 8.00. The number of hydrogen-bond acceptors (Lipinski definition) is 7. The van der Waals surface area contributed by atoms with Gasteiger partial charge in [0.05, 0.1) is 31.4 Å². The number of rotatable bonds is 7. The highest BCUT2D eigenvalue weighted by atomic mass is 32.2. The summed E-state index contributed by atoms with van der Waals surface area (Å²) in [5, 5.41) is 7.29. The molecule has 2 heterocycles. The molecule has 10 heteroatoms. The Labute approximate surface area is 187 Å². The number of ether oxygens (including phenoxy) is 2. The van der Waals surface area contributed by atoms with Gasteiger partial charge in [0.1, 0.15) is 16.9 Å². The van der Waals surface area contributed by atoms with E-state index in [4.69, 9.17) is 9.47 Å². The summed E-state index contributed by atoms with van der Waals surface area (Å²) < 4.78 is 12.1. The van der Waals surface area contributed by atoms with Gasteiger partial charge in [-0.1, -0.05) is 30.0 Å². The monoisotopic (exact) mass is 451 g/mol. The molecule has 9 nitrogen and oxygen atoms in total. The maximum Gasteiger partial charge on any atom is 0.262 e. The maximum atomic E-state index is 12.8. The van der Waals surface area contributed by atoms with E-state index in [-0.39, 0.29) is 11.5 Å². The van der Waals surface area contributed by atoms with E-state index in [1.54, 1.807) is 29.8 Å². The van der Waals surface area contributed by atoms with Crippen molar-refractivity contribution in [1.29, 1.82) is 0 Å². The fraction of sp³-hybridized carbons (Fsp3) is 0.182. The Morgan fingerprint density at radius 3 is 2.47 bits per heavy atom. The second-order valence-electron chi connectivity index (χ2n) is 6.85. The molecule has 0 bridgehead atoms. The van der Waals surface area contributed by atoms with Crippen molar-refractivity contribution in [3.8, 4) is 17.2 Å². The number of fused-ring (bicyclic) bond motifs is 1. The first-order valence-corrected chi connectivity index (χ1v) is 10.6. The Kier molecular flexibility index (Phi) is 6.13. The molecule has 2 N–H and O–H groups in total. The van der Waals surface area contributed by atoms with Gasteiger partial charge in [0, 0.05) is 23.9 Å². The third-order valence-corrected chi connectivity index (χ3v) is 5.68. The number of methoxy groups -OCH3 is 2. The average molecular weight is 452 g/mol. The van der Waals surface area contributed by atoms with E-state index >= 15 is 0 Å². The highest BCUT2D eigenvalue weighted by Gasteiger charge is 2.19. The number of nitrogens with one attached hydrogen (secondary N) is 2. The van der Waals surface area contributed by atoms with Crippen LogP contribution in [0.1, 0.15) is 6.92 Å². The number of nitrogens with zero attached hydrogens (tertiary/aromatic N) is 3. The van der Waals surface area contributed by atoms with Gasteiger partial charge < -0.3 is 19.8 Å². The van der Waals surface area contributed by atoms with Crippen molar-refractivity contribution in [1.82, 2.24) is 19.7 Å². The van der Waals surface area contributed by atoms with E-state index in [0.29, 0.717) is 33.4 Å². The van der Waals surface area contributed by atoms with Crippen molar-refractivity contribution in [3.63, 3.8) is 0 Å². The maximum absolute atomic E-state index is 12.8. The predicted octanol–water partition coefficient (Wildman–Crippen LogP) is 3.25. The lowest BCUT2D eigenvalue weighted by molar-refractivity contribution is -0.115. The first kappa shape index (κ1) is 21.4. The first-order valence-electron chi connectivity index (χ1n) is 9.72. The van der Waals surface area contributed by atoms with Crippen LogP contribution in [0.2, 0.25) is 0 Å². The molecule has 4 aromatic rings. The zero-order chi connectivity index (χ0) is 22.7. The number of carbonyl (C=O) groups is 1. The fourth-order valence-electron chi connectivity index (χ4n) is 3.06. The number of amides is 1. The minimum atomic E-state index is -0.541. The minimum Gasteiger partial charge on any atom is -0.497 e. The molecule has 1 amide bonds. The van der Waals surface area contributed by atoms with Gasteiger partial charge in [-0.15, -0.1) is 0 Å². The lowest BCUT2D eigenvalue weighted by Crippen LogP contribution is -2.23. The highest BCUT2D eigenvalue weighted by Crippen LogP contribution is 2.27. The Morgan fingerprint density at radius 1 is 1.12 bits per heavy atom. The minimum absolute atomic E-state index is 0.260. The van der Waals surface area contributed by atoms with E-state index in [2.05, 4.69) is 20.4 Å². The molecule has 0 spiro atoms. The number of para-hydroxylation sites is 1. The Hall–Kier alpha value is -3.79. The topological polar surface area (TPSA) is 111 Å². The summed E-state index contributed by atoms with van der Waals surface area (Å²) in [5.41, 5.74) is 1.43. The SMILES string of the molecule is COc1cc(NC(=O)[C@@H](C)Sc2nc3c(cnn3-c3ccccc3)c(=O)[nH]2)cc(OC)c1. The standard InChI is InChI=1S/C22H21N5O4S/c1-13(20(28)24-14-9-16(30-2)11-17(10-14)31-3)32-22-25-19-18(21(29)26-22)12-23-27(19)15-7-5-4-6-8-15/h4-13H,1-3H3,(H,24,28)(H,25,26,29)/t13-/m1/s1. The summed E-state index contributed by atoms with van der Waals surface area (Å²) in [7, 11) is 3.08. The summed E-state index contributed by atoms with van der Waals surface area (Å²) in [6, 6.07) is 14.5. The molecule has 0 saturated carbocycles. The van der Waals surface area contributed by atoms with Gasteiger partial charge in [-0.05, 0) is 19.1 Å². The van der Waals surface area contributed by atoms with Crippen molar-refractivity contribution in [3.05, 3.63) is 65.1 Å². The van der Waals surface area contributed by atoms with Crippen molar-refractivity contribution < 1.29 is 14.3 Å². The van der Waals surface area contributed by atoms with Gasteiger partial charge in [0.2, 0.25) is 5.91 Å². The average Bonchev–Trinajstić information content (AvgIpc) is 3.23. The third kappa shape index (κ3) is 4.45. The molecule has 0 aliphatic heterocycles. The summed E-state index contributed by atoms with van der Waals surface area (Å²) in [4.78, 5) is 32.6. The van der Waals surface area contributed by atoms with Crippen LogP contribution in [0.15, 0.2) is 64.7 Å². The molecular formula is C22H21N5O4S. The van der Waals surface area contributed by atoms with Crippen molar-refractivity contribution in [2.24, 2.45) is 0 Å². The van der Waals surface area contributed by atoms with Crippen LogP contribution in [0.5, 0.6) is 11.5 Å². The molecule has 0 aliphatic rings. The number of aromatic amines is 1. The van der Waals surface area contributed by atoms with Crippen LogP contribution in [-0.2, 0) is 4.79 Å². The molecule has 0 fully saturated rings. The van der Waals surface area contributed by atoms with Crippen LogP contribution >= 0.6 is 11.8 Å². The Balaban J connectivity index is 1.56. The Morgan fingerprint density at radius 2 is 1.81 bits per heavy atom. The van der Waals surface area contributed by atoms with Crippen molar-refractivity contribution in [2.75, 3.05) is 19.5 Å². The van der Waals surface area contributed by atoms with E-state index in [1.807, 2.05) is 30.3 Å². The van der Waals surface area contributed by atoms with Crippen LogP contribution in [0.4, 0.5) is 5.69 Å². The molecule has 32 heavy (non-hydrogen) atoms. The van der Waals surface area contributed by atoms with Gasteiger partial charge in [-0.2, -0.15) is 5.10 Å². The zero-order valence-corrected chi connectivity index (χ0v) is 18.5. The molecule has 2 aromatic carbocycles. The molecule has 0 saturated heterocycles. The zero-order valence-electron chi connectivity index (χ0n) is 17.7. The molecule has 0 unspecified atom stereocenters. The van der Waals surface area contributed by atoms with Crippen LogP contribution in [0, 0.1) is 0 Å². The Bertz CT molecular complexity index is 1300. The lowest BCUT2D eigenvalue weighted by Gasteiger charge is -2.13. The molecular weight excluding hydrogens is 430 g/mol. The van der Waals surface area contributed by atoms with Crippen LogP contribution in [0.3, 0.4) is 0 Å². The third-order valence-electron chi connectivity index (χ3n) is 4.69. The predicted molar refractivity (Wildman–Crippen MR) is 123 cm³/mol. The van der Waals surface area contributed by atoms with Crippen LogP contribution in [0.25, 0.3) is 16.7 Å². The number of benzene rings is 2. The molecule has 4 rings (SSSR count). The number of hydrogen-bond donors (Lipinski definition) is 2. The van der Waals surface area contributed by atoms with Crippen LogP contribution < -0.4 is 20.3 Å². The number of aromatic nitrogens is 4. The molecule has 0 aliphatic carbocycles. The van der Waals surface area contributed by atoms with E-state index in [0.717, 1.165) is 17.4 Å². The van der Waals surface area contributed by atoms with Gasteiger partial charge in [0.25, 0.3) is 5.56 Å². The second-order valence-corrected chi connectivity index (χ2v) is 8.18. The fourth-order valence-corrected chi connectivity index (χ4v) is 3.85. The van der Waals surface area contributed by atoms with Gasteiger partial charge in [0.15, 0.2) is 10.8 Å². The molecule has 0 radical (unpaired) electrons. The van der Waals surface area contributed by atoms with Crippen molar-refractivity contribution in [2.45, 2.75) is 17.3 Å². The number of thioether (sulfide) groups is 1. The van der Waals surface area contributed by atoms with E-state index in [9.17, 15) is 9.59 Å². The second kappa shape index (κ2) is 9.15. The first-order chi connectivity index (χ1) is 15.5. The lowest BCUT2D eigenvalue weighted by atomic mass is 10.2. The van der Waals surface area contributed by atoms with Crippen LogP contribution in [-0.4, -0.2) is 45.1 Å². The summed E-state index contributed by atoms with van der Waals surface area (Å²) in [5.74, 6) is 0.862. The molecule has 1 atom stereocenters. The van der Waals surface area contributed by atoms with Gasteiger partial charge in [-0.3, -0.25) is 9.59 Å². The number of carbonyl (C=O) groups excluding carboxylic acids is 1. The van der Waals surface area contributed by atoms with Gasteiger partial charge in [-0.25, -0.2) is 9.67 Å². The van der Waals surface area contributed by atoms with Crippen molar-refractivity contribution >= 4 is 34.4 Å². The number of H-pyrrole nitrogens is 1.